The van der Waals surface area contributed by atoms with Gasteiger partial charge in [-0.15, -0.1) is 0 Å². The van der Waals surface area contributed by atoms with Crippen LogP contribution in [0.15, 0.2) is 0 Å². The molecule has 2 atom stereocenters. The third-order valence-corrected chi connectivity index (χ3v) is 2.80. The van der Waals surface area contributed by atoms with Crippen LogP contribution in [0.3, 0.4) is 0 Å². The van der Waals surface area contributed by atoms with Gasteiger partial charge < -0.3 is 4.90 Å². The molecule has 1 rings (SSSR count). The average molecular weight is 166 g/mol. The Morgan fingerprint density at radius 2 is 2.17 bits per heavy atom. The topological polar surface area (TPSA) is 27.0 Å². The molecule has 0 aromatic heterocycles. The molecule has 1 heterocycles. The normalized spacial score (nSPS) is 31.9. The number of hydrogen-bond donors (Lipinski definition) is 0. The van der Waals surface area contributed by atoms with Crippen LogP contribution in [0, 0.1) is 23.2 Å². The van der Waals surface area contributed by atoms with Crippen molar-refractivity contribution in [1.82, 2.24) is 4.90 Å². The molecule has 0 aromatic rings. The van der Waals surface area contributed by atoms with E-state index in [0.29, 0.717) is 12.0 Å². The maximum Gasteiger partial charge on any atom is 0.0672 e. The smallest absolute Gasteiger partial charge is 0.0672 e. The Morgan fingerprint density at radius 3 is 2.58 bits per heavy atom. The second-order valence-corrected chi connectivity index (χ2v) is 4.09. The lowest BCUT2D eigenvalue weighted by Gasteiger charge is -2.38. The quantitative estimate of drug-likeness (QED) is 0.594. The van der Waals surface area contributed by atoms with Crippen LogP contribution in [-0.2, 0) is 0 Å². The SMILES string of the molecule is CC(C)C1C(C#N)CCCN1C. The molecule has 2 unspecified atom stereocenters. The molecule has 0 aliphatic carbocycles. The molecule has 0 N–H and O–H groups in total. The molecular weight excluding hydrogens is 148 g/mol. The van der Waals surface area contributed by atoms with Crippen molar-refractivity contribution in [3.05, 3.63) is 0 Å². The van der Waals surface area contributed by atoms with Crippen molar-refractivity contribution in [2.45, 2.75) is 32.7 Å². The summed E-state index contributed by atoms with van der Waals surface area (Å²) >= 11 is 0. The fraction of sp³-hybridized carbons (Fsp3) is 0.900. The van der Waals surface area contributed by atoms with Crippen LogP contribution in [-0.4, -0.2) is 24.5 Å². The Morgan fingerprint density at radius 1 is 1.50 bits per heavy atom. The molecule has 0 saturated carbocycles. The molecule has 1 aliphatic rings. The van der Waals surface area contributed by atoms with E-state index in [-0.39, 0.29) is 5.92 Å². The summed E-state index contributed by atoms with van der Waals surface area (Å²) in [6, 6.07) is 2.90. The van der Waals surface area contributed by atoms with Crippen LogP contribution in [0.1, 0.15) is 26.7 Å². The lowest BCUT2D eigenvalue weighted by molar-refractivity contribution is 0.110. The van der Waals surface area contributed by atoms with E-state index >= 15 is 0 Å². The highest BCUT2D eigenvalue weighted by molar-refractivity contribution is 4.96. The summed E-state index contributed by atoms with van der Waals surface area (Å²) in [5.41, 5.74) is 0. The highest BCUT2D eigenvalue weighted by atomic mass is 15.1. The van der Waals surface area contributed by atoms with Gasteiger partial charge in [-0.05, 0) is 32.4 Å². The number of likely N-dealkylation sites (tertiary alicyclic amines) is 1. The lowest BCUT2D eigenvalue weighted by atomic mass is 9.84. The number of nitriles is 1. The predicted molar refractivity (Wildman–Crippen MR) is 49.6 cm³/mol. The first kappa shape index (κ1) is 9.54. The number of rotatable bonds is 1. The zero-order chi connectivity index (χ0) is 9.14. The molecule has 1 saturated heterocycles. The van der Waals surface area contributed by atoms with E-state index in [2.05, 4.69) is 31.9 Å². The minimum absolute atomic E-state index is 0.253. The van der Waals surface area contributed by atoms with Gasteiger partial charge in [-0.3, -0.25) is 0 Å². The summed E-state index contributed by atoms with van der Waals surface area (Å²) in [6.45, 7) is 5.56. The van der Waals surface area contributed by atoms with Crippen molar-refractivity contribution < 1.29 is 0 Å². The third-order valence-electron chi connectivity index (χ3n) is 2.80. The first-order valence-corrected chi connectivity index (χ1v) is 4.76. The fourth-order valence-corrected chi connectivity index (χ4v) is 2.30. The first-order valence-electron chi connectivity index (χ1n) is 4.76. The van der Waals surface area contributed by atoms with Crippen LogP contribution in [0.4, 0.5) is 0 Å². The summed E-state index contributed by atoms with van der Waals surface area (Å²) in [7, 11) is 2.13. The predicted octanol–water partition coefficient (Wildman–Crippen LogP) is 1.88. The Balaban J connectivity index is 2.67. The van der Waals surface area contributed by atoms with Crippen molar-refractivity contribution in [3.8, 4) is 6.07 Å². The Labute approximate surface area is 75.2 Å². The van der Waals surface area contributed by atoms with Gasteiger partial charge in [0.15, 0.2) is 0 Å². The molecule has 0 spiro atoms. The van der Waals surface area contributed by atoms with Crippen molar-refractivity contribution in [2.24, 2.45) is 11.8 Å². The summed E-state index contributed by atoms with van der Waals surface area (Å²) < 4.78 is 0. The van der Waals surface area contributed by atoms with Crippen LogP contribution >= 0.6 is 0 Å². The van der Waals surface area contributed by atoms with E-state index in [0.717, 1.165) is 13.0 Å². The maximum absolute atomic E-state index is 8.95. The van der Waals surface area contributed by atoms with E-state index < -0.39 is 0 Å². The molecule has 0 bridgehead atoms. The Bertz CT molecular complexity index is 181. The van der Waals surface area contributed by atoms with Crippen molar-refractivity contribution >= 4 is 0 Å². The second kappa shape index (κ2) is 3.91. The number of piperidine rings is 1. The van der Waals surface area contributed by atoms with E-state index in [4.69, 9.17) is 5.26 Å². The van der Waals surface area contributed by atoms with Gasteiger partial charge in [0.05, 0.1) is 12.0 Å². The number of hydrogen-bond acceptors (Lipinski definition) is 2. The van der Waals surface area contributed by atoms with Crippen LogP contribution in [0.2, 0.25) is 0 Å². The molecule has 0 amide bonds. The van der Waals surface area contributed by atoms with Crippen molar-refractivity contribution in [1.29, 1.82) is 5.26 Å². The first-order chi connectivity index (χ1) is 5.66. The molecule has 2 heteroatoms. The summed E-state index contributed by atoms with van der Waals surface area (Å²) in [6.07, 6.45) is 2.27. The molecule has 0 radical (unpaired) electrons. The summed E-state index contributed by atoms with van der Waals surface area (Å²) in [5.74, 6) is 0.851. The van der Waals surface area contributed by atoms with Gasteiger partial charge in [0.2, 0.25) is 0 Å². The number of nitrogens with zero attached hydrogens (tertiary/aromatic N) is 2. The van der Waals surface area contributed by atoms with Gasteiger partial charge in [0.1, 0.15) is 0 Å². The highest BCUT2D eigenvalue weighted by Crippen LogP contribution is 2.26. The van der Waals surface area contributed by atoms with E-state index in [1.165, 1.54) is 6.42 Å². The third kappa shape index (κ3) is 1.78. The van der Waals surface area contributed by atoms with Crippen molar-refractivity contribution in [3.63, 3.8) is 0 Å². The van der Waals surface area contributed by atoms with E-state index in [9.17, 15) is 0 Å². The van der Waals surface area contributed by atoms with Gasteiger partial charge in [-0.25, -0.2) is 0 Å². The molecular formula is C10H18N2. The zero-order valence-corrected chi connectivity index (χ0v) is 8.25. The zero-order valence-electron chi connectivity index (χ0n) is 8.25. The van der Waals surface area contributed by atoms with Crippen LogP contribution in [0.5, 0.6) is 0 Å². The average Bonchev–Trinajstić information content (AvgIpc) is 2.03. The van der Waals surface area contributed by atoms with Gasteiger partial charge in [-0.1, -0.05) is 13.8 Å². The van der Waals surface area contributed by atoms with Gasteiger partial charge >= 0.3 is 0 Å². The Kier molecular flexibility index (Phi) is 3.11. The van der Waals surface area contributed by atoms with Gasteiger partial charge in [-0.2, -0.15) is 5.26 Å². The largest absolute Gasteiger partial charge is 0.302 e. The molecule has 0 aromatic carbocycles. The van der Waals surface area contributed by atoms with E-state index in [1.54, 1.807) is 0 Å². The maximum atomic E-state index is 8.95. The minimum Gasteiger partial charge on any atom is -0.302 e. The van der Waals surface area contributed by atoms with Crippen LogP contribution < -0.4 is 0 Å². The monoisotopic (exact) mass is 166 g/mol. The highest BCUT2D eigenvalue weighted by Gasteiger charge is 2.30. The van der Waals surface area contributed by atoms with Gasteiger partial charge in [0.25, 0.3) is 0 Å². The Hall–Kier alpha value is -0.550. The molecule has 68 valence electrons. The minimum atomic E-state index is 0.253. The molecule has 1 fully saturated rings. The second-order valence-electron chi connectivity index (χ2n) is 4.09. The molecule has 1 aliphatic heterocycles. The van der Waals surface area contributed by atoms with Gasteiger partial charge in [0, 0.05) is 6.04 Å². The van der Waals surface area contributed by atoms with Crippen LogP contribution in [0.25, 0.3) is 0 Å². The standard InChI is InChI=1S/C10H18N2/c1-8(2)10-9(7-11)5-4-6-12(10)3/h8-10H,4-6H2,1-3H3. The molecule has 2 nitrogen and oxygen atoms in total. The summed E-state index contributed by atoms with van der Waals surface area (Å²) in [5, 5.41) is 8.95. The summed E-state index contributed by atoms with van der Waals surface area (Å²) in [4.78, 5) is 2.34. The van der Waals surface area contributed by atoms with Crippen molar-refractivity contribution in [2.75, 3.05) is 13.6 Å². The molecule has 12 heavy (non-hydrogen) atoms. The van der Waals surface area contributed by atoms with E-state index in [1.807, 2.05) is 0 Å². The fourth-order valence-electron chi connectivity index (χ4n) is 2.30. The lowest BCUT2D eigenvalue weighted by Crippen LogP contribution is -2.45.